The van der Waals surface area contributed by atoms with E-state index in [2.05, 4.69) is 17.4 Å². The maximum absolute atomic E-state index is 12.7. The lowest BCUT2D eigenvalue weighted by Gasteiger charge is -2.20. The molecule has 154 valence electrons. The molecule has 4 rings (SSSR count). The molecule has 0 heterocycles. The summed E-state index contributed by atoms with van der Waals surface area (Å²) in [4.78, 5) is 12.7. The van der Waals surface area contributed by atoms with E-state index in [4.69, 9.17) is 9.47 Å². The molecular formula is C26H27NO3. The third kappa shape index (κ3) is 5.01. The van der Waals surface area contributed by atoms with E-state index in [-0.39, 0.29) is 5.91 Å². The van der Waals surface area contributed by atoms with Gasteiger partial charge in [0.2, 0.25) is 0 Å². The normalized spacial score (nSPS) is 13.8. The molecule has 4 heteroatoms. The summed E-state index contributed by atoms with van der Waals surface area (Å²) >= 11 is 0. The second-order valence-corrected chi connectivity index (χ2v) is 7.58. The van der Waals surface area contributed by atoms with Gasteiger partial charge in [0.15, 0.2) is 6.10 Å². The highest BCUT2D eigenvalue weighted by atomic mass is 16.5. The van der Waals surface area contributed by atoms with Crippen LogP contribution >= 0.6 is 0 Å². The monoisotopic (exact) mass is 401 g/mol. The number of hydrogen-bond donors (Lipinski definition) is 1. The van der Waals surface area contributed by atoms with Gasteiger partial charge in [0.1, 0.15) is 17.2 Å². The number of fused-ring (bicyclic) bond motifs is 1. The van der Waals surface area contributed by atoms with E-state index in [1.807, 2.05) is 67.6 Å². The summed E-state index contributed by atoms with van der Waals surface area (Å²) in [5, 5.41) is 2.95. The summed E-state index contributed by atoms with van der Waals surface area (Å²) in [5.74, 6) is 2.12. The molecular weight excluding hydrogens is 374 g/mol. The maximum atomic E-state index is 12.7. The van der Waals surface area contributed by atoms with Crippen molar-refractivity contribution in [1.82, 2.24) is 0 Å². The predicted molar refractivity (Wildman–Crippen MR) is 119 cm³/mol. The summed E-state index contributed by atoms with van der Waals surface area (Å²) < 4.78 is 11.8. The minimum atomic E-state index is -0.535. The molecule has 3 aromatic carbocycles. The zero-order valence-electron chi connectivity index (χ0n) is 17.3. The maximum Gasteiger partial charge on any atom is 0.265 e. The van der Waals surface area contributed by atoms with Crippen molar-refractivity contribution in [2.75, 3.05) is 5.32 Å². The first-order chi connectivity index (χ1) is 14.7. The lowest BCUT2D eigenvalue weighted by atomic mass is 9.92. The topological polar surface area (TPSA) is 47.6 Å². The average molecular weight is 402 g/mol. The summed E-state index contributed by atoms with van der Waals surface area (Å²) in [5.41, 5.74) is 3.47. The van der Waals surface area contributed by atoms with Crippen LogP contribution < -0.4 is 14.8 Å². The first-order valence-electron chi connectivity index (χ1n) is 10.6. The highest BCUT2D eigenvalue weighted by molar-refractivity contribution is 5.94. The third-order valence-electron chi connectivity index (χ3n) is 5.36. The van der Waals surface area contributed by atoms with E-state index in [0.717, 1.165) is 30.1 Å². The molecule has 1 aliphatic rings. The molecule has 1 atom stereocenters. The summed E-state index contributed by atoms with van der Waals surface area (Å²) in [7, 11) is 0. The Hall–Kier alpha value is -3.27. The quantitative estimate of drug-likeness (QED) is 0.516. The molecule has 0 aromatic heterocycles. The average Bonchev–Trinajstić information content (AvgIpc) is 2.79. The van der Waals surface area contributed by atoms with Crippen LogP contribution in [0.25, 0.3) is 0 Å². The zero-order chi connectivity index (χ0) is 20.8. The van der Waals surface area contributed by atoms with E-state index in [1.54, 1.807) is 0 Å². The number of carbonyl (C=O) groups excluding carboxylic acids is 1. The van der Waals surface area contributed by atoms with Crippen molar-refractivity contribution >= 4 is 11.6 Å². The first-order valence-corrected chi connectivity index (χ1v) is 10.6. The molecule has 0 radical (unpaired) electrons. The molecule has 3 aromatic rings. The molecule has 0 unspecified atom stereocenters. The van der Waals surface area contributed by atoms with Gasteiger partial charge >= 0.3 is 0 Å². The number of para-hydroxylation sites is 1. The Morgan fingerprint density at radius 3 is 2.27 bits per heavy atom. The highest BCUT2D eigenvalue weighted by Crippen LogP contribution is 2.27. The van der Waals surface area contributed by atoms with Gasteiger partial charge in [-0.25, -0.2) is 0 Å². The van der Waals surface area contributed by atoms with Crippen LogP contribution in [-0.4, -0.2) is 12.0 Å². The van der Waals surface area contributed by atoms with Gasteiger partial charge in [0.05, 0.1) is 0 Å². The smallest absolute Gasteiger partial charge is 0.265 e. The van der Waals surface area contributed by atoms with Crippen molar-refractivity contribution in [2.45, 2.75) is 45.1 Å². The van der Waals surface area contributed by atoms with Crippen LogP contribution in [0.3, 0.4) is 0 Å². The Labute approximate surface area is 177 Å². The van der Waals surface area contributed by atoms with Crippen molar-refractivity contribution in [1.29, 1.82) is 0 Å². The molecule has 0 saturated carbocycles. The van der Waals surface area contributed by atoms with Crippen molar-refractivity contribution in [3.63, 3.8) is 0 Å². The molecule has 0 fully saturated rings. The second kappa shape index (κ2) is 9.49. The van der Waals surface area contributed by atoms with Gasteiger partial charge in [0, 0.05) is 5.69 Å². The van der Waals surface area contributed by atoms with Crippen molar-refractivity contribution in [3.8, 4) is 17.2 Å². The Morgan fingerprint density at radius 2 is 1.53 bits per heavy atom. The molecule has 30 heavy (non-hydrogen) atoms. The van der Waals surface area contributed by atoms with Gasteiger partial charge in [-0.3, -0.25) is 4.79 Å². The van der Waals surface area contributed by atoms with E-state index >= 15 is 0 Å². The number of hydrogen-bond acceptors (Lipinski definition) is 3. The largest absolute Gasteiger partial charge is 0.481 e. The SMILES string of the molecule is CC[C@H](Oc1ccc2c(c1)CCCC2)C(=O)Nc1ccc(Oc2ccccc2)cc1. The Balaban J connectivity index is 1.37. The van der Waals surface area contributed by atoms with Crippen molar-refractivity contribution in [3.05, 3.63) is 83.9 Å². The van der Waals surface area contributed by atoms with Gasteiger partial charge in [-0.1, -0.05) is 31.2 Å². The molecule has 4 nitrogen and oxygen atoms in total. The third-order valence-corrected chi connectivity index (χ3v) is 5.36. The first kappa shape index (κ1) is 20.0. The van der Waals surface area contributed by atoms with Crippen LogP contribution in [0.2, 0.25) is 0 Å². The molecule has 0 saturated heterocycles. The van der Waals surface area contributed by atoms with E-state index in [9.17, 15) is 4.79 Å². The molecule has 0 aliphatic heterocycles. The van der Waals surface area contributed by atoms with Crippen molar-refractivity contribution < 1.29 is 14.3 Å². The number of aryl methyl sites for hydroxylation is 2. The van der Waals surface area contributed by atoms with E-state index < -0.39 is 6.10 Å². The van der Waals surface area contributed by atoms with E-state index in [1.165, 1.54) is 24.0 Å². The predicted octanol–water partition coefficient (Wildman–Crippen LogP) is 6.15. The lowest BCUT2D eigenvalue weighted by Crippen LogP contribution is -2.32. The number of nitrogens with one attached hydrogen (secondary N) is 1. The van der Waals surface area contributed by atoms with Gasteiger partial charge in [-0.05, 0) is 91.8 Å². The standard InChI is InChI=1S/C26H27NO3/c1-2-25(30-24-15-12-19-8-6-7-9-20(19)18-24)26(28)27-21-13-16-23(17-14-21)29-22-10-4-3-5-11-22/h3-5,10-18,25H,2,6-9H2,1H3,(H,27,28)/t25-/m0/s1. The summed E-state index contributed by atoms with van der Waals surface area (Å²) in [6.45, 7) is 1.96. The Kier molecular flexibility index (Phi) is 6.33. The van der Waals surface area contributed by atoms with Crippen LogP contribution in [0.1, 0.15) is 37.3 Å². The number of carbonyl (C=O) groups is 1. The number of rotatable bonds is 7. The number of anilines is 1. The number of ether oxygens (including phenoxy) is 2. The second-order valence-electron chi connectivity index (χ2n) is 7.58. The van der Waals surface area contributed by atoms with Crippen molar-refractivity contribution in [2.24, 2.45) is 0 Å². The van der Waals surface area contributed by atoms with Gasteiger partial charge in [0.25, 0.3) is 5.91 Å². The molecule has 1 aliphatic carbocycles. The summed E-state index contributed by atoms with van der Waals surface area (Å²) in [6, 6.07) is 23.2. The lowest BCUT2D eigenvalue weighted by molar-refractivity contribution is -0.122. The molecule has 1 N–H and O–H groups in total. The minimum Gasteiger partial charge on any atom is -0.481 e. The fourth-order valence-electron chi connectivity index (χ4n) is 3.72. The number of benzene rings is 3. The minimum absolute atomic E-state index is 0.146. The fourth-order valence-corrected chi connectivity index (χ4v) is 3.72. The van der Waals surface area contributed by atoms with E-state index in [0.29, 0.717) is 12.1 Å². The van der Waals surface area contributed by atoms with Crippen LogP contribution in [0.5, 0.6) is 17.2 Å². The van der Waals surface area contributed by atoms with Gasteiger partial charge in [-0.2, -0.15) is 0 Å². The van der Waals surface area contributed by atoms with Crippen LogP contribution in [0, 0.1) is 0 Å². The van der Waals surface area contributed by atoms with Gasteiger partial charge in [-0.15, -0.1) is 0 Å². The summed E-state index contributed by atoms with van der Waals surface area (Å²) in [6.07, 6.45) is 4.76. The fraction of sp³-hybridized carbons (Fsp3) is 0.269. The number of amides is 1. The molecule has 1 amide bonds. The van der Waals surface area contributed by atoms with Crippen LogP contribution in [0.15, 0.2) is 72.8 Å². The van der Waals surface area contributed by atoms with Crippen LogP contribution in [0.4, 0.5) is 5.69 Å². The van der Waals surface area contributed by atoms with Gasteiger partial charge < -0.3 is 14.8 Å². The van der Waals surface area contributed by atoms with Crippen LogP contribution in [-0.2, 0) is 17.6 Å². The zero-order valence-corrected chi connectivity index (χ0v) is 17.3. The Morgan fingerprint density at radius 1 is 0.867 bits per heavy atom. The molecule has 0 bridgehead atoms. The Bertz CT molecular complexity index is 983. The molecule has 0 spiro atoms. The highest BCUT2D eigenvalue weighted by Gasteiger charge is 2.19.